The summed E-state index contributed by atoms with van der Waals surface area (Å²) < 4.78 is 7.50. The molecule has 0 aliphatic rings. The first kappa shape index (κ1) is 27.3. The Morgan fingerprint density at radius 2 is 1.66 bits per heavy atom. The van der Waals surface area contributed by atoms with E-state index in [-0.39, 0.29) is 35.7 Å². The largest absolute Gasteiger partial charge is 0.490 e. The van der Waals surface area contributed by atoms with Crippen LogP contribution in [-0.2, 0) is 13.6 Å². The summed E-state index contributed by atoms with van der Waals surface area (Å²) in [4.78, 5) is 41.6. The van der Waals surface area contributed by atoms with Crippen molar-refractivity contribution >= 4 is 34.1 Å². The molecule has 0 aliphatic carbocycles. The van der Waals surface area contributed by atoms with Gasteiger partial charge in [0.15, 0.2) is 0 Å². The molecule has 5 N–H and O–H groups in total. The molecule has 208 valence electrons. The number of anilines is 2. The Hall–Kier alpha value is -5.31. The predicted octanol–water partition coefficient (Wildman–Crippen LogP) is 5.09. The molecule has 5 aromatic rings. The summed E-state index contributed by atoms with van der Waals surface area (Å²) in [7, 11) is 1.68. The zero-order valence-corrected chi connectivity index (χ0v) is 23.0. The Bertz CT molecular complexity index is 1800. The van der Waals surface area contributed by atoms with Crippen LogP contribution in [0.1, 0.15) is 40.3 Å². The Labute approximate surface area is 237 Å². The molecule has 2 amide bonds. The number of carbonyl (C=O) groups is 2. The number of carbonyl (C=O) groups excluding carboxylic acids is 2. The second-order valence-corrected chi connectivity index (χ2v) is 10.0. The molecule has 2 heterocycles. The van der Waals surface area contributed by atoms with Gasteiger partial charge in [0.05, 0.1) is 17.5 Å². The number of aryl methyl sites for hydroxylation is 1. The van der Waals surface area contributed by atoms with Crippen molar-refractivity contribution < 1.29 is 14.3 Å². The molecule has 0 fully saturated rings. The van der Waals surface area contributed by atoms with Gasteiger partial charge in [0.2, 0.25) is 0 Å². The number of hydrogen-bond donors (Lipinski definition) is 4. The summed E-state index contributed by atoms with van der Waals surface area (Å²) in [5, 5.41) is 6.31. The van der Waals surface area contributed by atoms with E-state index in [9.17, 15) is 14.4 Å². The Balaban J connectivity index is 1.34. The summed E-state index contributed by atoms with van der Waals surface area (Å²) in [5.74, 6) is 0.0515. The van der Waals surface area contributed by atoms with Crippen LogP contribution in [0.15, 0.2) is 89.9 Å². The maximum atomic E-state index is 13.1. The van der Waals surface area contributed by atoms with Crippen LogP contribution in [0, 0.1) is 0 Å². The summed E-state index contributed by atoms with van der Waals surface area (Å²) >= 11 is 0. The van der Waals surface area contributed by atoms with Gasteiger partial charge in [-0.1, -0.05) is 42.5 Å². The van der Waals surface area contributed by atoms with Crippen molar-refractivity contribution in [3.63, 3.8) is 0 Å². The highest BCUT2D eigenvalue weighted by atomic mass is 16.5. The standard InChI is InChI=1S/C32H31N5O4/c1-19(2)41-28-11-7-4-8-22(28)24-18-37(3)32(40)29-23(24)16-27(35-29)31(39)34-17-20-12-14-21(15-13-20)30(38)36-26-10-6-5-9-25(26)33/h4-16,18-19,35H,17,33H2,1-3H3,(H,34,39)(H,36,38). The normalized spacial score (nSPS) is 11.0. The lowest BCUT2D eigenvalue weighted by Crippen LogP contribution is -2.23. The van der Waals surface area contributed by atoms with E-state index in [0.717, 1.165) is 16.7 Å². The quantitative estimate of drug-likeness (QED) is 0.200. The van der Waals surface area contributed by atoms with E-state index in [0.29, 0.717) is 33.6 Å². The van der Waals surface area contributed by atoms with Gasteiger partial charge in [-0.25, -0.2) is 0 Å². The van der Waals surface area contributed by atoms with Gasteiger partial charge in [0.25, 0.3) is 17.4 Å². The Morgan fingerprint density at radius 3 is 2.39 bits per heavy atom. The van der Waals surface area contributed by atoms with E-state index in [4.69, 9.17) is 10.5 Å². The number of pyridine rings is 1. The van der Waals surface area contributed by atoms with Crippen molar-refractivity contribution in [3.8, 4) is 16.9 Å². The number of para-hydroxylation sites is 3. The summed E-state index contributed by atoms with van der Waals surface area (Å²) in [6.07, 6.45) is 1.73. The molecule has 0 saturated heterocycles. The van der Waals surface area contributed by atoms with Crippen LogP contribution < -0.4 is 26.7 Å². The lowest BCUT2D eigenvalue weighted by Gasteiger charge is -2.15. The highest BCUT2D eigenvalue weighted by molar-refractivity contribution is 6.06. The SMILES string of the molecule is CC(C)Oc1ccccc1-c1cn(C)c(=O)c2[nH]c(C(=O)NCc3ccc(C(=O)Nc4ccccc4N)cc3)cc12. The molecule has 0 saturated carbocycles. The van der Waals surface area contributed by atoms with Crippen LogP contribution in [-0.4, -0.2) is 27.5 Å². The van der Waals surface area contributed by atoms with E-state index < -0.39 is 0 Å². The molecule has 41 heavy (non-hydrogen) atoms. The van der Waals surface area contributed by atoms with Crippen LogP contribution in [0.3, 0.4) is 0 Å². The van der Waals surface area contributed by atoms with E-state index in [1.54, 1.807) is 67.8 Å². The molecule has 0 aliphatic heterocycles. The number of fused-ring (bicyclic) bond motifs is 1. The van der Waals surface area contributed by atoms with Crippen LogP contribution in [0.5, 0.6) is 5.75 Å². The van der Waals surface area contributed by atoms with E-state index >= 15 is 0 Å². The Morgan fingerprint density at radius 1 is 0.951 bits per heavy atom. The minimum atomic E-state index is -0.359. The van der Waals surface area contributed by atoms with E-state index in [2.05, 4.69) is 15.6 Å². The van der Waals surface area contributed by atoms with Gasteiger partial charge >= 0.3 is 0 Å². The lowest BCUT2D eigenvalue weighted by molar-refractivity contribution is 0.0945. The highest BCUT2D eigenvalue weighted by Gasteiger charge is 2.18. The van der Waals surface area contributed by atoms with Crippen molar-refractivity contribution in [2.75, 3.05) is 11.1 Å². The fourth-order valence-corrected chi connectivity index (χ4v) is 4.57. The molecular formula is C32H31N5O4. The molecule has 9 heteroatoms. The van der Waals surface area contributed by atoms with Gasteiger partial charge in [-0.3, -0.25) is 14.4 Å². The number of nitrogens with two attached hydrogens (primary N) is 1. The molecule has 0 radical (unpaired) electrons. The third-order valence-electron chi connectivity index (χ3n) is 6.63. The number of rotatable bonds is 8. The van der Waals surface area contributed by atoms with Gasteiger partial charge in [-0.05, 0) is 55.8 Å². The minimum Gasteiger partial charge on any atom is -0.490 e. The van der Waals surface area contributed by atoms with E-state index in [1.807, 2.05) is 38.1 Å². The average molecular weight is 550 g/mol. The van der Waals surface area contributed by atoms with Crippen LogP contribution >= 0.6 is 0 Å². The first-order chi connectivity index (χ1) is 19.7. The minimum absolute atomic E-state index is 0.0298. The number of nitrogens with zero attached hydrogens (tertiary/aromatic N) is 1. The fourth-order valence-electron chi connectivity index (χ4n) is 4.57. The van der Waals surface area contributed by atoms with E-state index in [1.165, 1.54) is 4.57 Å². The number of nitrogens with one attached hydrogen (secondary N) is 3. The van der Waals surface area contributed by atoms with Crippen molar-refractivity contribution in [3.05, 3.63) is 112 Å². The monoisotopic (exact) mass is 549 g/mol. The molecule has 0 unspecified atom stereocenters. The number of H-pyrrole nitrogens is 1. The van der Waals surface area contributed by atoms with Crippen molar-refractivity contribution in [1.82, 2.24) is 14.9 Å². The van der Waals surface area contributed by atoms with Gasteiger partial charge in [-0.15, -0.1) is 0 Å². The zero-order valence-electron chi connectivity index (χ0n) is 23.0. The van der Waals surface area contributed by atoms with Gasteiger partial charge in [0, 0.05) is 41.9 Å². The fraction of sp³-hybridized carbons (Fsp3) is 0.156. The summed E-state index contributed by atoms with van der Waals surface area (Å²) in [5.41, 5.74) is 10.2. The molecule has 0 atom stereocenters. The first-order valence-electron chi connectivity index (χ1n) is 13.2. The number of aromatic nitrogens is 2. The molecule has 2 aromatic heterocycles. The third kappa shape index (κ3) is 5.84. The average Bonchev–Trinajstić information content (AvgIpc) is 3.41. The topological polar surface area (TPSA) is 131 Å². The molecule has 0 spiro atoms. The van der Waals surface area contributed by atoms with Crippen molar-refractivity contribution in [2.45, 2.75) is 26.5 Å². The molecule has 0 bridgehead atoms. The smallest absolute Gasteiger partial charge is 0.274 e. The number of ether oxygens (including phenoxy) is 1. The third-order valence-corrected chi connectivity index (χ3v) is 6.63. The van der Waals surface area contributed by atoms with Gasteiger partial charge in [-0.2, -0.15) is 0 Å². The lowest BCUT2D eigenvalue weighted by atomic mass is 10.0. The molecule has 3 aromatic carbocycles. The molecule has 5 rings (SSSR count). The molecular weight excluding hydrogens is 518 g/mol. The highest BCUT2D eigenvalue weighted by Crippen LogP contribution is 2.34. The van der Waals surface area contributed by atoms with Gasteiger partial charge < -0.3 is 30.7 Å². The molecule has 9 nitrogen and oxygen atoms in total. The summed E-state index contributed by atoms with van der Waals surface area (Å²) in [6.45, 7) is 4.14. The number of amides is 2. The second kappa shape index (κ2) is 11.4. The Kier molecular flexibility index (Phi) is 7.60. The van der Waals surface area contributed by atoms with Crippen LogP contribution in [0.4, 0.5) is 11.4 Å². The second-order valence-electron chi connectivity index (χ2n) is 10.0. The summed E-state index contributed by atoms with van der Waals surface area (Å²) in [6, 6.07) is 23.3. The maximum Gasteiger partial charge on any atom is 0.274 e. The van der Waals surface area contributed by atoms with Crippen molar-refractivity contribution in [1.29, 1.82) is 0 Å². The number of benzene rings is 3. The number of hydrogen-bond acceptors (Lipinski definition) is 5. The van der Waals surface area contributed by atoms with Crippen LogP contribution in [0.25, 0.3) is 22.0 Å². The maximum absolute atomic E-state index is 13.1. The predicted molar refractivity (Wildman–Crippen MR) is 161 cm³/mol. The first-order valence-corrected chi connectivity index (χ1v) is 13.2. The number of aromatic amines is 1. The van der Waals surface area contributed by atoms with Gasteiger partial charge in [0.1, 0.15) is 17.0 Å². The van der Waals surface area contributed by atoms with Crippen LogP contribution in [0.2, 0.25) is 0 Å². The van der Waals surface area contributed by atoms with Crippen molar-refractivity contribution in [2.24, 2.45) is 7.05 Å². The number of nitrogen functional groups attached to an aromatic ring is 1. The zero-order chi connectivity index (χ0) is 29.1.